The van der Waals surface area contributed by atoms with Gasteiger partial charge in [0.2, 0.25) is 0 Å². The molecule has 0 fully saturated rings. The Labute approximate surface area is 88.7 Å². The van der Waals surface area contributed by atoms with Crippen molar-refractivity contribution >= 4 is 75.5 Å². The molecule has 0 saturated carbocycles. The average molecular weight is 122 g/mol. The van der Waals surface area contributed by atoms with E-state index in [2.05, 4.69) is 0 Å². The molecule has 0 rings (SSSR count). The first-order valence-electron chi connectivity index (χ1n) is 0.143. The zero-order valence-electron chi connectivity index (χ0n) is 6.17. The number of hydrogen-bond donors (Lipinski definition) is 0. The van der Waals surface area contributed by atoms with E-state index < -0.39 is 0 Å². The van der Waals surface area contributed by atoms with Crippen LogP contribution in [-0.4, -0.2) is 75.5 Å². The zero-order chi connectivity index (χ0) is 2.00. The third-order valence-electron chi connectivity index (χ3n) is 0. The molecule has 0 bridgehead atoms. The van der Waals surface area contributed by atoms with Crippen LogP contribution >= 0.6 is 0 Å². The summed E-state index contributed by atoms with van der Waals surface area (Å²) >= 11 is 0. The Morgan fingerprint density at radius 2 is 1.00 bits per heavy atom. The van der Waals surface area contributed by atoms with Gasteiger partial charge in [-0.3, -0.25) is 0 Å². The molecule has 0 aliphatic heterocycles. The van der Waals surface area contributed by atoms with Crippen LogP contribution in [0.25, 0.3) is 0 Å². The van der Waals surface area contributed by atoms with E-state index >= 15 is 0 Å². The third kappa shape index (κ3) is 8.83. The minimum Gasteiger partial charge on any atom is -1.00 e. The van der Waals surface area contributed by atoms with Gasteiger partial charge in [-0.2, -0.15) is 0 Å². The quantitative estimate of drug-likeness (QED) is 0.411. The molecule has 0 radical (unpaired) electrons. The van der Waals surface area contributed by atoms with Crippen LogP contribution in [0.3, 0.4) is 0 Å². The van der Waals surface area contributed by atoms with Gasteiger partial charge in [-0.1, -0.05) is 0 Å². The van der Waals surface area contributed by atoms with Crippen LogP contribution in [0.5, 0.6) is 0 Å². The van der Waals surface area contributed by atoms with Crippen molar-refractivity contribution in [3.05, 3.63) is 0 Å². The van der Waals surface area contributed by atoms with Crippen molar-refractivity contribution in [3.8, 4) is 0 Å². The molecule has 0 nitrogen and oxygen atoms in total. The molecule has 0 aromatic heterocycles. The van der Waals surface area contributed by atoms with Crippen LogP contribution < -0.4 is 0 Å². The second-order valence-electron chi connectivity index (χ2n) is 0. The van der Waals surface area contributed by atoms with Crippen LogP contribution in [-0.2, 0) is 0 Å². The molecule has 0 aromatic rings. The van der Waals surface area contributed by atoms with Crippen molar-refractivity contribution in [3.63, 3.8) is 0 Å². The molecule has 0 aliphatic rings. The summed E-state index contributed by atoms with van der Waals surface area (Å²) in [4.78, 5) is 0. The fraction of sp³-hybridized carbons (Fsp3) is 0. The first-order valence-corrected chi connectivity index (χ1v) is 0.143. The van der Waals surface area contributed by atoms with Crippen LogP contribution in [0.1, 0.15) is 5.71 Å². The Morgan fingerprint density at radius 3 is 1.00 bits per heavy atom. The summed E-state index contributed by atoms with van der Waals surface area (Å²) in [6.45, 7) is 0. The topological polar surface area (TPSA) is 0 Å². The molecule has 0 saturated heterocycles. The van der Waals surface area contributed by atoms with E-state index in [1.54, 1.807) is 0 Å². The maximum Gasteiger partial charge on any atom is 2.00 e. The van der Waals surface area contributed by atoms with Crippen LogP contribution in [0.2, 0.25) is 0 Å². The van der Waals surface area contributed by atoms with Crippen LogP contribution in [0.15, 0.2) is 0 Å². The van der Waals surface area contributed by atoms with Gasteiger partial charge in [0.25, 0.3) is 0 Å². The normalized spacial score (nSPS) is 1.50. The van der Waals surface area contributed by atoms with Gasteiger partial charge >= 0.3 is 75.5 Å². The van der Waals surface area contributed by atoms with E-state index in [4.69, 9.17) is 9.15 Å². The van der Waals surface area contributed by atoms with Gasteiger partial charge in [0.05, 0.1) is 0 Å². The Bertz CT molecular complexity index is 12.0. The van der Waals surface area contributed by atoms with Crippen molar-refractivity contribution in [1.29, 1.82) is 0 Å². The molecule has 0 atom stereocenters. The van der Waals surface area contributed by atoms with E-state index in [1.165, 1.54) is 0 Å². The Balaban J connectivity index is -0.000000000333. The first-order chi connectivity index (χ1) is 1.00. The van der Waals surface area contributed by atoms with E-state index in [9.17, 15) is 0 Å². The standard InChI is InChI=1S/2Ca.F2.4H/c;;1-2;;;;/q2*+2;;4*-1. The van der Waals surface area contributed by atoms with Crippen molar-refractivity contribution in [2.24, 2.45) is 0 Å². The predicted octanol–water partition coefficient (Wildman–Crippen LogP) is 0.529. The van der Waals surface area contributed by atoms with Crippen LogP contribution in [0, 0.1) is 0 Å². The maximum absolute atomic E-state index is 8.00. The molecular weight excluding hydrogens is 118 g/mol. The molecule has 0 spiro atoms. The van der Waals surface area contributed by atoms with Crippen molar-refractivity contribution < 1.29 is 14.9 Å². The van der Waals surface area contributed by atoms with Gasteiger partial charge < -0.3 is 5.71 Å². The summed E-state index contributed by atoms with van der Waals surface area (Å²) in [5, 5.41) is 0. The summed E-state index contributed by atoms with van der Waals surface area (Å²) in [5.74, 6) is 0. The van der Waals surface area contributed by atoms with E-state index in [-0.39, 0.29) is 81.2 Å². The van der Waals surface area contributed by atoms with Gasteiger partial charge in [0.1, 0.15) is 0 Å². The van der Waals surface area contributed by atoms with Crippen molar-refractivity contribution in [1.82, 2.24) is 0 Å². The molecule has 0 aliphatic carbocycles. The van der Waals surface area contributed by atoms with E-state index in [0.717, 1.165) is 0 Å². The van der Waals surface area contributed by atoms with E-state index in [1.807, 2.05) is 0 Å². The summed E-state index contributed by atoms with van der Waals surface area (Å²) < 4.78 is 16.0. The molecule has 22 valence electrons. The minimum absolute atomic E-state index is 0. The Morgan fingerprint density at radius 1 is 1.00 bits per heavy atom. The Kier molecular flexibility index (Phi) is 73.6. The largest absolute Gasteiger partial charge is 2.00 e. The molecular formula is H4Ca2F2. The summed E-state index contributed by atoms with van der Waals surface area (Å²) in [5.41, 5.74) is 0. The summed E-state index contributed by atoms with van der Waals surface area (Å²) in [7, 11) is 0. The number of hydrogen-bond acceptors (Lipinski definition) is 0. The zero-order valence-corrected chi connectivity index (χ0v) is 6.59. The fourth-order valence-electron chi connectivity index (χ4n) is 0. The SMILES string of the molecule is FF.[Ca+2].[Ca+2].[H-].[H-].[H-].[H-]. The van der Waals surface area contributed by atoms with Gasteiger partial charge in [-0.05, 0) is 0 Å². The monoisotopic (exact) mass is 122 g/mol. The number of halogens is 2. The van der Waals surface area contributed by atoms with Gasteiger partial charge in [-0.25, -0.2) is 0 Å². The summed E-state index contributed by atoms with van der Waals surface area (Å²) in [6, 6.07) is 0. The summed E-state index contributed by atoms with van der Waals surface area (Å²) in [6.07, 6.45) is 0. The number of rotatable bonds is 0. The molecule has 4 heavy (non-hydrogen) atoms. The minimum atomic E-state index is 0. The average Bonchev–Trinajstić information content (AvgIpc) is 1.00. The first kappa shape index (κ1) is 16.2. The molecule has 0 N–H and O–H groups in total. The Hall–Kier alpha value is 2.38. The van der Waals surface area contributed by atoms with Crippen molar-refractivity contribution in [2.75, 3.05) is 0 Å². The fourth-order valence-corrected chi connectivity index (χ4v) is 0. The maximum atomic E-state index is 8.00. The molecule has 0 aromatic carbocycles. The van der Waals surface area contributed by atoms with Gasteiger partial charge in [0.15, 0.2) is 0 Å². The molecule has 0 amide bonds. The van der Waals surface area contributed by atoms with Gasteiger partial charge in [-0.15, -0.1) is 0 Å². The molecule has 0 unspecified atom stereocenters. The predicted molar refractivity (Wildman–Crippen MR) is 18.2 cm³/mol. The van der Waals surface area contributed by atoms with Crippen LogP contribution in [0.4, 0.5) is 9.15 Å². The molecule has 4 heteroatoms. The second kappa shape index (κ2) is 18.2. The van der Waals surface area contributed by atoms with E-state index in [0.29, 0.717) is 0 Å². The third-order valence-corrected chi connectivity index (χ3v) is 0. The second-order valence-corrected chi connectivity index (χ2v) is 0. The van der Waals surface area contributed by atoms with Crippen molar-refractivity contribution in [2.45, 2.75) is 0 Å². The van der Waals surface area contributed by atoms with Gasteiger partial charge in [0, 0.05) is 9.15 Å². The molecule has 0 heterocycles. The smallest absolute Gasteiger partial charge is 1.00 e.